The third-order valence-electron chi connectivity index (χ3n) is 1.33. The Hall–Kier alpha value is -1.02. The zero-order valence-corrected chi connectivity index (χ0v) is 7.28. The molecule has 14 heavy (non-hydrogen) atoms. The van der Waals surface area contributed by atoms with E-state index < -0.39 is 30.7 Å². The van der Waals surface area contributed by atoms with Crippen molar-refractivity contribution in [3.8, 4) is 0 Å². The summed E-state index contributed by atoms with van der Waals surface area (Å²) in [6.45, 7) is 0. The Morgan fingerprint density at radius 3 is 1.71 bits per heavy atom. The molecule has 0 heterocycles. The smallest absolute Gasteiger partial charge is 0.364 e. The standard InChI is InChI=1S/C4H6F2NO6P/c5-2(6)1(8)4(7,3(9)10)14(11,12)13/h8H,7H2,(H,9,10)(H2,11,12,13). The van der Waals surface area contributed by atoms with Gasteiger partial charge in [0, 0.05) is 0 Å². The maximum Gasteiger partial charge on any atom is 0.364 e. The monoisotopic (exact) mass is 233 g/mol. The van der Waals surface area contributed by atoms with E-state index in [2.05, 4.69) is 5.73 Å². The normalized spacial score (nSPS) is 15.8. The Kier molecular flexibility index (Phi) is 3.35. The van der Waals surface area contributed by atoms with E-state index in [1.54, 1.807) is 0 Å². The van der Waals surface area contributed by atoms with Gasteiger partial charge in [-0.2, -0.15) is 8.78 Å². The van der Waals surface area contributed by atoms with Crippen LogP contribution >= 0.6 is 7.60 Å². The number of carboxylic acid groups (broad SMARTS) is 1. The summed E-state index contributed by atoms with van der Waals surface area (Å²) in [5, 5.41) is 12.9. The third-order valence-corrected chi connectivity index (χ3v) is 2.65. The predicted molar refractivity (Wildman–Crippen MR) is 38.5 cm³/mol. The molecule has 0 radical (unpaired) electrons. The minimum atomic E-state index is -5.66. The summed E-state index contributed by atoms with van der Waals surface area (Å²) in [5.74, 6) is -4.82. The van der Waals surface area contributed by atoms with Crippen LogP contribution < -0.4 is 5.73 Å². The summed E-state index contributed by atoms with van der Waals surface area (Å²) in [6, 6.07) is 0. The second kappa shape index (κ2) is 3.62. The molecule has 0 fully saturated rings. The van der Waals surface area contributed by atoms with Crippen molar-refractivity contribution in [2.24, 2.45) is 5.73 Å². The van der Waals surface area contributed by atoms with E-state index in [-0.39, 0.29) is 0 Å². The SMILES string of the molecule is NC(C(=O)O)(C(O)=C(F)F)P(=O)(O)O. The van der Waals surface area contributed by atoms with Crippen LogP contribution in [0.1, 0.15) is 0 Å². The predicted octanol–water partition coefficient (Wildman–Crippen LogP) is -0.430. The van der Waals surface area contributed by atoms with Crippen molar-refractivity contribution in [1.29, 1.82) is 0 Å². The van der Waals surface area contributed by atoms with Crippen LogP contribution in [0.25, 0.3) is 0 Å². The zero-order chi connectivity index (χ0) is 11.7. The number of aliphatic hydroxyl groups is 1. The van der Waals surface area contributed by atoms with Crippen molar-refractivity contribution >= 4 is 13.6 Å². The topological polar surface area (TPSA) is 141 Å². The highest BCUT2D eigenvalue weighted by Gasteiger charge is 2.56. The van der Waals surface area contributed by atoms with Crippen LogP contribution in [0.5, 0.6) is 0 Å². The lowest BCUT2D eigenvalue weighted by atomic mass is 10.2. The van der Waals surface area contributed by atoms with Crippen molar-refractivity contribution in [1.82, 2.24) is 0 Å². The van der Waals surface area contributed by atoms with Crippen LogP contribution in [0.3, 0.4) is 0 Å². The van der Waals surface area contributed by atoms with E-state index in [0.29, 0.717) is 0 Å². The molecule has 0 bridgehead atoms. The molecule has 0 aliphatic rings. The Morgan fingerprint density at radius 2 is 1.64 bits per heavy atom. The molecule has 0 aliphatic carbocycles. The molecule has 1 unspecified atom stereocenters. The molecule has 82 valence electrons. The van der Waals surface area contributed by atoms with E-state index in [4.69, 9.17) is 20.0 Å². The quantitative estimate of drug-likeness (QED) is 0.329. The zero-order valence-electron chi connectivity index (χ0n) is 6.39. The van der Waals surface area contributed by atoms with Gasteiger partial charge in [0.2, 0.25) is 5.76 Å². The first-order chi connectivity index (χ1) is 6.05. The van der Waals surface area contributed by atoms with E-state index in [1.165, 1.54) is 0 Å². The highest BCUT2D eigenvalue weighted by molar-refractivity contribution is 7.55. The molecule has 0 aromatic rings. The number of carbonyl (C=O) groups is 1. The minimum Gasteiger partial charge on any atom is -0.505 e. The number of hydrogen-bond acceptors (Lipinski definition) is 4. The number of aliphatic hydroxyl groups excluding tert-OH is 1. The second-order valence-corrected chi connectivity index (χ2v) is 4.02. The summed E-state index contributed by atoms with van der Waals surface area (Å²) in [7, 11) is -5.66. The number of carboxylic acids is 1. The van der Waals surface area contributed by atoms with Gasteiger partial charge in [0.1, 0.15) is 0 Å². The molecule has 0 aliphatic heterocycles. The molecule has 10 heteroatoms. The first kappa shape index (κ1) is 13.0. The Balaban J connectivity index is 5.72. The van der Waals surface area contributed by atoms with Crippen LogP contribution in [-0.2, 0) is 9.36 Å². The number of hydrogen-bond donors (Lipinski definition) is 5. The van der Waals surface area contributed by atoms with Gasteiger partial charge in [-0.3, -0.25) is 10.3 Å². The van der Waals surface area contributed by atoms with Crippen LogP contribution in [0, 0.1) is 0 Å². The highest BCUT2D eigenvalue weighted by Crippen LogP contribution is 2.51. The van der Waals surface area contributed by atoms with E-state index in [1.807, 2.05) is 0 Å². The van der Waals surface area contributed by atoms with Crippen LogP contribution in [0.15, 0.2) is 11.8 Å². The van der Waals surface area contributed by atoms with Gasteiger partial charge < -0.3 is 20.0 Å². The molecular weight excluding hydrogens is 227 g/mol. The fourth-order valence-electron chi connectivity index (χ4n) is 0.508. The fraction of sp³-hybridized carbons (Fsp3) is 0.250. The summed E-state index contributed by atoms with van der Waals surface area (Å²) < 4.78 is 34.0. The lowest BCUT2D eigenvalue weighted by Gasteiger charge is -2.23. The highest BCUT2D eigenvalue weighted by atomic mass is 31.2. The number of halogens is 2. The molecule has 0 aromatic heterocycles. The molecular formula is C4H6F2NO6P. The van der Waals surface area contributed by atoms with Crippen LogP contribution in [0.2, 0.25) is 0 Å². The average molecular weight is 233 g/mol. The Labute approximate surface area is 75.6 Å². The van der Waals surface area contributed by atoms with Crippen molar-refractivity contribution in [2.45, 2.75) is 5.28 Å². The van der Waals surface area contributed by atoms with Crippen LogP contribution in [-0.4, -0.2) is 31.2 Å². The molecule has 7 nitrogen and oxygen atoms in total. The first-order valence-electron chi connectivity index (χ1n) is 2.87. The Morgan fingerprint density at radius 1 is 1.29 bits per heavy atom. The summed E-state index contributed by atoms with van der Waals surface area (Å²) in [6.07, 6.45) is -2.97. The molecule has 0 aromatic carbocycles. The molecule has 0 spiro atoms. The van der Waals surface area contributed by atoms with Crippen molar-refractivity contribution in [2.75, 3.05) is 0 Å². The van der Waals surface area contributed by atoms with E-state index in [9.17, 15) is 18.1 Å². The molecule has 0 saturated heterocycles. The minimum absolute atomic E-state index is 2.36. The average Bonchev–Trinajstić information content (AvgIpc) is 1.98. The van der Waals surface area contributed by atoms with Gasteiger partial charge in [-0.1, -0.05) is 0 Å². The fourth-order valence-corrected chi connectivity index (χ4v) is 1.12. The molecule has 0 saturated carbocycles. The van der Waals surface area contributed by atoms with Gasteiger partial charge in [0.25, 0.3) is 5.28 Å². The van der Waals surface area contributed by atoms with Gasteiger partial charge in [-0.25, -0.2) is 4.79 Å². The Bertz CT molecular complexity index is 333. The van der Waals surface area contributed by atoms with Crippen molar-refractivity contribution < 1.29 is 38.1 Å². The summed E-state index contributed by atoms with van der Waals surface area (Å²) in [4.78, 5) is 27.1. The third kappa shape index (κ3) is 1.90. The van der Waals surface area contributed by atoms with Gasteiger partial charge in [-0.05, 0) is 0 Å². The van der Waals surface area contributed by atoms with Gasteiger partial charge in [0.15, 0.2) is 0 Å². The number of nitrogens with two attached hydrogens (primary N) is 1. The van der Waals surface area contributed by atoms with Gasteiger partial charge in [-0.15, -0.1) is 0 Å². The van der Waals surface area contributed by atoms with Gasteiger partial charge in [0.05, 0.1) is 0 Å². The van der Waals surface area contributed by atoms with Crippen molar-refractivity contribution in [3.05, 3.63) is 11.8 Å². The lowest BCUT2D eigenvalue weighted by Crippen LogP contribution is -2.49. The summed E-state index contributed by atoms with van der Waals surface area (Å²) >= 11 is 0. The lowest BCUT2D eigenvalue weighted by molar-refractivity contribution is -0.140. The molecule has 6 N–H and O–H groups in total. The van der Waals surface area contributed by atoms with Crippen LogP contribution in [0.4, 0.5) is 8.78 Å². The van der Waals surface area contributed by atoms with E-state index >= 15 is 0 Å². The maximum absolute atomic E-state index is 11.8. The molecule has 0 amide bonds. The molecule has 1 atom stereocenters. The van der Waals surface area contributed by atoms with Crippen molar-refractivity contribution in [3.63, 3.8) is 0 Å². The van der Waals surface area contributed by atoms with E-state index in [0.717, 1.165) is 0 Å². The summed E-state index contributed by atoms with van der Waals surface area (Å²) in [5.41, 5.74) is 4.51. The first-order valence-corrected chi connectivity index (χ1v) is 4.49. The maximum atomic E-state index is 11.8. The van der Waals surface area contributed by atoms with Gasteiger partial charge >= 0.3 is 19.6 Å². The number of aliphatic carboxylic acids is 1. The number of rotatable bonds is 3. The second-order valence-electron chi connectivity index (χ2n) is 2.22. The molecule has 0 rings (SSSR count). The largest absolute Gasteiger partial charge is 0.505 e.